The summed E-state index contributed by atoms with van der Waals surface area (Å²) in [6, 6.07) is 15.2. The average molecular weight is 563 g/mol. The van der Waals surface area contributed by atoms with Gasteiger partial charge in [0, 0.05) is 17.1 Å². The van der Waals surface area contributed by atoms with Gasteiger partial charge in [-0.05, 0) is 31.2 Å². The van der Waals surface area contributed by atoms with Gasteiger partial charge in [0.15, 0.2) is 6.10 Å². The van der Waals surface area contributed by atoms with Crippen molar-refractivity contribution in [1.82, 2.24) is 4.90 Å². The Morgan fingerprint density at radius 2 is 1.92 bits per heavy atom. The first kappa shape index (κ1) is 31.9. The monoisotopic (exact) mass is 562 g/mol. The molecule has 2 N–H and O–H groups in total. The third-order valence-electron chi connectivity index (χ3n) is 5.21. The average Bonchev–Trinajstić information content (AvgIpc) is 2.84. The number of carbonyl (C=O) groups is 1. The van der Waals surface area contributed by atoms with Crippen molar-refractivity contribution < 1.29 is 56.4 Å². The van der Waals surface area contributed by atoms with Gasteiger partial charge in [0.2, 0.25) is 5.84 Å². The number of aliphatic hydroxyl groups excluding tert-OH is 1. The second kappa shape index (κ2) is 13.2. The van der Waals surface area contributed by atoms with Crippen LogP contribution in [0.2, 0.25) is 10.0 Å². The minimum Gasteiger partial charge on any atom is -0.903 e. The molecule has 13 heteroatoms. The third-order valence-corrected chi connectivity index (χ3v) is 5.69. The number of halogens is 5. The number of benzene rings is 2. The predicted molar refractivity (Wildman–Crippen MR) is 131 cm³/mol. The molecule has 198 valence electrons. The fourth-order valence-corrected chi connectivity index (χ4v) is 3.56. The van der Waals surface area contributed by atoms with Crippen molar-refractivity contribution in [3.8, 4) is 0 Å². The Morgan fingerprint density at radius 1 is 1.26 bits per heavy atom. The molecule has 0 saturated carbocycles. The molecule has 7 nitrogen and oxygen atoms in total. The van der Waals surface area contributed by atoms with E-state index in [0.717, 1.165) is 14.5 Å². The van der Waals surface area contributed by atoms with E-state index >= 15 is 0 Å². The molecule has 2 aliphatic rings. The summed E-state index contributed by atoms with van der Waals surface area (Å²) < 4.78 is 44.6. The van der Waals surface area contributed by atoms with Gasteiger partial charge in [0.05, 0.1) is 5.60 Å². The molecule has 0 aromatic heterocycles. The zero-order valence-corrected chi connectivity index (χ0v) is 22.0. The SMILES string of the molecule is CC1(O)C[C-]=C(C(=[N-])C[N+]2=C(c3ccc(Cl)cc3)N(C[C@H](O)C(F)(F)F)C2=O)OC1.Clc1c[c-]ccc1.[Li+]. The number of amidine groups is 1. The molecule has 2 heterocycles. The number of hydrogen-bond acceptors (Lipinski definition) is 4. The van der Waals surface area contributed by atoms with Crippen LogP contribution in [-0.4, -0.2) is 74.8 Å². The van der Waals surface area contributed by atoms with E-state index in [1.165, 1.54) is 31.2 Å². The zero-order valence-electron chi connectivity index (χ0n) is 20.5. The maximum absolute atomic E-state index is 12.8. The normalized spacial score (nSPS) is 19.7. The Labute approximate surface area is 239 Å². The number of carbonyl (C=O) groups excluding carboxylic acids is 1. The van der Waals surface area contributed by atoms with Crippen molar-refractivity contribution in [2.24, 2.45) is 0 Å². The van der Waals surface area contributed by atoms with Crippen molar-refractivity contribution in [3.05, 3.63) is 87.5 Å². The summed E-state index contributed by atoms with van der Waals surface area (Å²) in [7, 11) is 0. The number of β-amino-alcohol motifs (C(OH)–C–C–N with tert-alkyl or cyclic N) is 1. The zero-order chi connectivity index (χ0) is 27.4. The smallest absolute Gasteiger partial charge is 0.903 e. The van der Waals surface area contributed by atoms with Crippen LogP contribution in [-0.2, 0) is 4.74 Å². The first-order valence-corrected chi connectivity index (χ1v) is 11.6. The summed E-state index contributed by atoms with van der Waals surface area (Å²) >= 11 is 11.4. The fraction of sp³-hybridized carbons (Fsp3) is 0.320. The van der Waals surface area contributed by atoms with E-state index in [0.29, 0.717) is 10.6 Å². The molecule has 2 aliphatic heterocycles. The van der Waals surface area contributed by atoms with Crippen LogP contribution in [0, 0.1) is 12.1 Å². The Hall–Kier alpha value is -2.32. The van der Waals surface area contributed by atoms with E-state index in [9.17, 15) is 33.6 Å². The maximum Gasteiger partial charge on any atom is 1.00 e. The summed E-state index contributed by atoms with van der Waals surface area (Å²) in [5.74, 6) is 0.0217. The number of rotatable bonds is 6. The Morgan fingerprint density at radius 3 is 2.39 bits per heavy atom. The predicted octanol–water partition coefficient (Wildman–Crippen LogP) is 1.47. The molecule has 1 unspecified atom stereocenters. The van der Waals surface area contributed by atoms with Crippen molar-refractivity contribution in [2.45, 2.75) is 31.2 Å². The molecule has 0 aliphatic carbocycles. The molecule has 0 spiro atoms. The molecule has 0 radical (unpaired) electrons. The fourth-order valence-electron chi connectivity index (χ4n) is 3.30. The largest absolute Gasteiger partial charge is 1.00 e. The van der Waals surface area contributed by atoms with Crippen LogP contribution in [0.5, 0.6) is 0 Å². The van der Waals surface area contributed by atoms with Gasteiger partial charge < -0.3 is 20.4 Å². The summed E-state index contributed by atoms with van der Waals surface area (Å²) in [5.41, 5.74) is -1.14. The minimum absolute atomic E-state index is 0. The molecule has 0 saturated heterocycles. The van der Waals surface area contributed by atoms with Gasteiger partial charge in [-0.2, -0.15) is 60.0 Å². The second-order valence-electron chi connectivity index (χ2n) is 8.50. The van der Waals surface area contributed by atoms with Crippen molar-refractivity contribution >= 4 is 40.8 Å². The summed E-state index contributed by atoms with van der Waals surface area (Å²) in [6.45, 7) is 0.0552. The van der Waals surface area contributed by atoms with E-state index < -0.39 is 30.5 Å². The van der Waals surface area contributed by atoms with E-state index in [-0.39, 0.29) is 55.7 Å². The van der Waals surface area contributed by atoms with Gasteiger partial charge in [-0.25, -0.2) is 15.4 Å². The summed E-state index contributed by atoms with van der Waals surface area (Å²) in [4.78, 5) is 13.3. The third kappa shape index (κ3) is 8.34. The molecule has 2 atom stereocenters. The molecule has 2 aromatic carbocycles. The maximum atomic E-state index is 12.8. The number of amides is 2. The molecule has 38 heavy (non-hydrogen) atoms. The van der Waals surface area contributed by atoms with E-state index in [2.05, 4.69) is 12.1 Å². The van der Waals surface area contributed by atoms with Gasteiger partial charge in [-0.15, -0.1) is 0 Å². The number of ether oxygens (including phenoxy) is 1. The van der Waals surface area contributed by atoms with Crippen LogP contribution in [0.3, 0.4) is 0 Å². The Kier molecular flexibility index (Phi) is 11.0. The topological polar surface area (TPSA) is 95.3 Å². The standard InChI is InChI=1S/C19H18ClF3N3O4.C6H4Cl.Li/c1-18(29)7-6-14(30-10-18)13(24)8-25-16(11-2-4-12(20)5-3-11)26(17(25)28)9-15(27)19(21,22)23;7-6-4-2-1-3-5-6;/h2-5,15,27,29H,7-10H2,1H3;1-2,4-5H;/q2*-1;+1/t15-,18?;;/m0../s1. The van der Waals surface area contributed by atoms with Gasteiger partial charge in [-0.1, -0.05) is 28.8 Å². The van der Waals surface area contributed by atoms with Crippen LogP contribution < -0.4 is 18.9 Å². The van der Waals surface area contributed by atoms with E-state index in [1.807, 2.05) is 18.2 Å². The molecule has 2 amide bonds. The van der Waals surface area contributed by atoms with E-state index in [1.54, 1.807) is 6.07 Å². The van der Waals surface area contributed by atoms with Gasteiger partial charge in [-0.3, -0.25) is 5.71 Å². The number of alkyl halides is 3. The number of aliphatic hydroxyl groups is 2. The van der Waals surface area contributed by atoms with E-state index in [4.69, 9.17) is 27.9 Å². The van der Waals surface area contributed by atoms with Crippen molar-refractivity contribution in [1.29, 1.82) is 0 Å². The van der Waals surface area contributed by atoms with Crippen LogP contribution in [0.4, 0.5) is 18.0 Å². The summed E-state index contributed by atoms with van der Waals surface area (Å²) in [5, 5.41) is 30.7. The van der Waals surface area contributed by atoms with Crippen LogP contribution in [0.1, 0.15) is 18.9 Å². The van der Waals surface area contributed by atoms with Gasteiger partial charge in [0.1, 0.15) is 13.2 Å². The van der Waals surface area contributed by atoms with Crippen LogP contribution in [0.25, 0.3) is 5.41 Å². The molecule has 4 rings (SSSR count). The van der Waals surface area contributed by atoms with Crippen molar-refractivity contribution in [2.75, 3.05) is 19.7 Å². The molecule has 0 bridgehead atoms. The van der Waals surface area contributed by atoms with Crippen molar-refractivity contribution in [3.63, 3.8) is 0 Å². The van der Waals surface area contributed by atoms with Gasteiger partial charge >= 0.3 is 31.1 Å². The number of hydrogen-bond donors (Lipinski definition) is 2. The quantitative estimate of drug-likeness (QED) is 0.241. The van der Waals surface area contributed by atoms with Crippen LogP contribution >= 0.6 is 23.2 Å². The number of nitrogens with zero attached hydrogens (tertiary/aromatic N) is 3. The second-order valence-corrected chi connectivity index (χ2v) is 9.38. The molecular formula is C25H22Cl2F3LiN3O4-. The molecule has 0 fully saturated rings. The Bertz CT molecular complexity index is 1210. The first-order valence-electron chi connectivity index (χ1n) is 10.9. The van der Waals surface area contributed by atoms with Gasteiger partial charge in [0.25, 0.3) is 0 Å². The van der Waals surface area contributed by atoms with Crippen LogP contribution in [0.15, 0.2) is 54.3 Å². The number of urea groups is 1. The molecular weight excluding hydrogens is 541 g/mol. The molecule has 2 aromatic rings. The first-order chi connectivity index (χ1) is 17.3. The summed E-state index contributed by atoms with van der Waals surface area (Å²) in [6.07, 6.45) is -4.84. The Balaban J connectivity index is 0.000000549. The minimum atomic E-state index is -4.90.